The molecular formula is C10H18N6OS. The molecule has 1 aliphatic carbocycles. The minimum atomic E-state index is -0.676. The highest BCUT2D eigenvalue weighted by molar-refractivity contribution is 7.99. The van der Waals surface area contributed by atoms with Gasteiger partial charge in [-0.05, 0) is 43.7 Å². The monoisotopic (exact) mass is 270 g/mol. The molecule has 0 aliphatic heterocycles. The molecule has 0 aromatic carbocycles. The number of thioether (sulfide) groups is 1. The maximum atomic E-state index is 11.3. The van der Waals surface area contributed by atoms with Gasteiger partial charge in [0, 0.05) is 5.75 Å². The first-order chi connectivity index (χ1) is 8.57. The number of carbonyl (C=O) groups excluding carboxylic acids is 1. The van der Waals surface area contributed by atoms with Crippen LogP contribution in [0.2, 0.25) is 0 Å². The third-order valence-corrected chi connectivity index (χ3v) is 4.22. The fourth-order valence-corrected chi connectivity index (χ4v) is 2.65. The number of carbonyl (C=O) groups is 1. The minimum Gasteiger partial charge on any atom is -0.368 e. The Morgan fingerprint density at radius 3 is 2.94 bits per heavy atom. The van der Waals surface area contributed by atoms with Gasteiger partial charge in [0.05, 0.1) is 11.6 Å². The second-order valence-electron chi connectivity index (χ2n) is 4.68. The summed E-state index contributed by atoms with van der Waals surface area (Å²) in [6, 6.07) is 0.467. The van der Waals surface area contributed by atoms with E-state index < -0.39 is 5.54 Å². The summed E-state index contributed by atoms with van der Waals surface area (Å²) in [6.45, 7) is 1.81. The first-order valence-electron chi connectivity index (χ1n) is 5.96. The van der Waals surface area contributed by atoms with Crippen LogP contribution in [0.1, 0.15) is 32.2 Å². The topological polar surface area (TPSA) is 98.7 Å². The highest BCUT2D eigenvalue weighted by Gasteiger charge is 2.30. The molecular weight excluding hydrogens is 252 g/mol. The van der Waals surface area contributed by atoms with Crippen molar-refractivity contribution in [3.05, 3.63) is 0 Å². The Morgan fingerprint density at radius 1 is 1.67 bits per heavy atom. The highest BCUT2D eigenvalue weighted by Crippen LogP contribution is 2.36. The minimum absolute atomic E-state index is 0.340. The van der Waals surface area contributed by atoms with Gasteiger partial charge in [0.15, 0.2) is 0 Å². The number of hydrogen-bond acceptors (Lipinski definition) is 6. The maximum Gasteiger partial charge on any atom is 0.237 e. The van der Waals surface area contributed by atoms with Gasteiger partial charge in [0.25, 0.3) is 0 Å². The van der Waals surface area contributed by atoms with Crippen molar-refractivity contribution in [2.24, 2.45) is 5.73 Å². The molecule has 1 heterocycles. The van der Waals surface area contributed by atoms with E-state index in [1.165, 1.54) is 0 Å². The van der Waals surface area contributed by atoms with Gasteiger partial charge in [-0.3, -0.25) is 4.79 Å². The smallest absolute Gasteiger partial charge is 0.237 e. The molecule has 0 radical (unpaired) electrons. The van der Waals surface area contributed by atoms with E-state index in [1.807, 2.05) is 4.68 Å². The lowest BCUT2D eigenvalue weighted by atomic mass is 9.99. The summed E-state index contributed by atoms with van der Waals surface area (Å²) in [5.41, 5.74) is 4.70. The van der Waals surface area contributed by atoms with Gasteiger partial charge in [0.2, 0.25) is 11.1 Å². The largest absolute Gasteiger partial charge is 0.368 e. The second kappa shape index (κ2) is 5.23. The number of rotatable bonds is 7. The Bertz CT molecular complexity index is 432. The van der Waals surface area contributed by atoms with Gasteiger partial charge in [-0.2, -0.15) is 0 Å². The van der Waals surface area contributed by atoms with Gasteiger partial charge >= 0.3 is 0 Å². The number of tetrazole rings is 1. The van der Waals surface area contributed by atoms with Crippen molar-refractivity contribution in [1.29, 1.82) is 0 Å². The molecule has 1 atom stereocenters. The number of aromatic nitrogens is 4. The van der Waals surface area contributed by atoms with E-state index in [9.17, 15) is 4.79 Å². The molecule has 18 heavy (non-hydrogen) atoms. The fourth-order valence-electron chi connectivity index (χ4n) is 1.55. The van der Waals surface area contributed by atoms with Crippen LogP contribution in [-0.2, 0) is 4.79 Å². The Kier molecular flexibility index (Phi) is 3.86. The van der Waals surface area contributed by atoms with E-state index in [1.54, 1.807) is 25.7 Å². The highest BCUT2D eigenvalue weighted by atomic mass is 32.2. The molecule has 8 heteroatoms. The van der Waals surface area contributed by atoms with Crippen molar-refractivity contribution >= 4 is 17.7 Å². The van der Waals surface area contributed by atoms with Gasteiger partial charge in [-0.1, -0.05) is 11.8 Å². The normalized spacial score (nSPS) is 18.6. The second-order valence-corrected chi connectivity index (χ2v) is 5.74. The van der Waals surface area contributed by atoms with Crippen molar-refractivity contribution in [2.75, 3.05) is 12.8 Å². The number of primary amides is 1. The van der Waals surface area contributed by atoms with E-state index in [-0.39, 0.29) is 5.91 Å². The number of nitrogens with one attached hydrogen (secondary N) is 1. The summed E-state index contributed by atoms with van der Waals surface area (Å²) in [4.78, 5) is 11.3. The zero-order chi connectivity index (χ0) is 13.2. The van der Waals surface area contributed by atoms with Crippen LogP contribution in [0.5, 0.6) is 0 Å². The molecule has 100 valence electrons. The quantitative estimate of drug-likeness (QED) is 0.674. The molecule has 1 saturated carbocycles. The molecule has 3 N–H and O–H groups in total. The molecule has 7 nitrogen and oxygen atoms in total. The molecule has 0 bridgehead atoms. The van der Waals surface area contributed by atoms with Crippen molar-refractivity contribution in [3.63, 3.8) is 0 Å². The molecule has 0 saturated heterocycles. The van der Waals surface area contributed by atoms with E-state index in [2.05, 4.69) is 20.8 Å². The van der Waals surface area contributed by atoms with Gasteiger partial charge < -0.3 is 11.1 Å². The van der Waals surface area contributed by atoms with Crippen LogP contribution >= 0.6 is 11.8 Å². The Morgan fingerprint density at radius 2 is 2.39 bits per heavy atom. The summed E-state index contributed by atoms with van der Waals surface area (Å²) in [5, 5.41) is 15.4. The Labute approximate surface area is 110 Å². The molecule has 2 rings (SSSR count). The molecule has 1 aromatic heterocycles. The van der Waals surface area contributed by atoms with Gasteiger partial charge in [-0.15, -0.1) is 5.10 Å². The van der Waals surface area contributed by atoms with Crippen molar-refractivity contribution in [3.8, 4) is 0 Å². The van der Waals surface area contributed by atoms with Crippen LogP contribution in [0.15, 0.2) is 5.16 Å². The average Bonchev–Trinajstić information content (AvgIpc) is 3.09. The van der Waals surface area contributed by atoms with Crippen LogP contribution in [0.25, 0.3) is 0 Å². The molecule has 1 amide bonds. The summed E-state index contributed by atoms with van der Waals surface area (Å²) in [5.74, 6) is 0.403. The third-order valence-electron chi connectivity index (χ3n) is 3.28. The van der Waals surface area contributed by atoms with Crippen LogP contribution in [-0.4, -0.2) is 44.5 Å². The Balaban J connectivity index is 1.88. The maximum absolute atomic E-state index is 11.3. The van der Waals surface area contributed by atoms with Crippen LogP contribution in [0, 0.1) is 0 Å². The predicted molar refractivity (Wildman–Crippen MR) is 68.1 cm³/mol. The summed E-state index contributed by atoms with van der Waals surface area (Å²) in [7, 11) is 1.74. The zero-order valence-electron chi connectivity index (χ0n) is 10.6. The molecule has 1 unspecified atom stereocenters. The van der Waals surface area contributed by atoms with E-state index in [0.717, 1.165) is 23.8 Å². The van der Waals surface area contributed by atoms with Crippen molar-refractivity contribution < 1.29 is 4.79 Å². The van der Waals surface area contributed by atoms with Gasteiger partial charge in [-0.25, -0.2) is 4.68 Å². The lowest BCUT2D eigenvalue weighted by Gasteiger charge is -2.24. The SMILES string of the molecule is CNC(C)(CCSc1nnnn1C1CC1)C(N)=O. The van der Waals surface area contributed by atoms with Gasteiger partial charge in [0.1, 0.15) is 0 Å². The number of hydrogen-bond donors (Lipinski definition) is 2. The summed E-state index contributed by atoms with van der Waals surface area (Å²) in [6.07, 6.45) is 2.93. The number of nitrogens with zero attached hydrogens (tertiary/aromatic N) is 4. The first-order valence-corrected chi connectivity index (χ1v) is 6.95. The molecule has 1 aromatic rings. The molecule has 1 aliphatic rings. The fraction of sp³-hybridized carbons (Fsp3) is 0.800. The van der Waals surface area contributed by atoms with E-state index >= 15 is 0 Å². The molecule has 0 spiro atoms. The third kappa shape index (κ3) is 2.81. The van der Waals surface area contributed by atoms with Crippen molar-refractivity contribution in [2.45, 2.75) is 42.9 Å². The van der Waals surface area contributed by atoms with Crippen molar-refractivity contribution in [1.82, 2.24) is 25.5 Å². The molecule has 1 fully saturated rings. The Hall–Kier alpha value is -1.15. The lowest BCUT2D eigenvalue weighted by molar-refractivity contribution is -0.123. The predicted octanol–water partition coefficient (Wildman–Crippen LogP) is -0.0464. The summed E-state index contributed by atoms with van der Waals surface area (Å²) < 4.78 is 1.87. The zero-order valence-corrected chi connectivity index (χ0v) is 11.4. The van der Waals surface area contributed by atoms with Crippen LogP contribution in [0.3, 0.4) is 0 Å². The standard InChI is InChI=1S/C10H18N6OS/c1-10(12-2,8(11)17)5-6-18-9-13-14-15-16(9)7-3-4-7/h7,12H,3-6H2,1-2H3,(H2,11,17). The lowest BCUT2D eigenvalue weighted by Crippen LogP contribution is -2.51. The van der Waals surface area contributed by atoms with Crippen LogP contribution < -0.4 is 11.1 Å². The number of amides is 1. The van der Waals surface area contributed by atoms with Crippen LogP contribution in [0.4, 0.5) is 0 Å². The van der Waals surface area contributed by atoms with E-state index in [0.29, 0.717) is 12.5 Å². The summed E-state index contributed by atoms with van der Waals surface area (Å²) >= 11 is 1.56. The first kappa shape index (κ1) is 13.3. The average molecular weight is 270 g/mol. The van der Waals surface area contributed by atoms with E-state index in [4.69, 9.17) is 5.73 Å². The number of likely N-dealkylation sites (N-methyl/N-ethyl adjacent to an activating group) is 1. The number of nitrogens with two attached hydrogens (primary N) is 1.